The Morgan fingerprint density at radius 3 is 2.61 bits per heavy atom. The number of hydrogen-bond donors (Lipinski definition) is 4. The third-order valence-electron chi connectivity index (χ3n) is 6.33. The molecular weight excluding hydrogens is 452 g/mol. The maximum absolute atomic E-state index is 11.2. The third-order valence-corrected chi connectivity index (χ3v) is 6.33. The fourth-order valence-electron chi connectivity index (χ4n) is 4.15. The number of nitrogens with zero attached hydrogens (tertiary/aromatic N) is 1. The van der Waals surface area contributed by atoms with Gasteiger partial charge in [0.25, 0.3) is 5.91 Å². The van der Waals surface area contributed by atoms with E-state index in [-0.39, 0.29) is 0 Å². The summed E-state index contributed by atoms with van der Waals surface area (Å²) in [4.78, 5) is 17.0. The van der Waals surface area contributed by atoms with Gasteiger partial charge in [0.05, 0.1) is 0 Å². The standard InChI is InChI=1S/C29H38N4O3/c1-4-26(5-2)31-22(3)36-19-18-33(17-16-25-20-30-28-9-7-6-8-27(25)28)21-24-12-10-23(11-13-24)14-15-29(34)32-35/h6-15,20,26,30-31,35H,3-5,16-19,21H2,1-2H3,(H,32,34)/b15-14+. The first-order valence-electron chi connectivity index (χ1n) is 12.6. The molecule has 0 spiro atoms. The molecule has 0 radical (unpaired) electrons. The SMILES string of the molecule is C=C(NC(CC)CC)OCCN(CCc1c[nH]c2ccccc12)Cc1ccc(/C=C/C(=O)NO)cc1. The number of carbonyl (C=O) groups is 1. The van der Waals surface area contributed by atoms with Gasteiger partial charge in [-0.3, -0.25) is 14.9 Å². The van der Waals surface area contributed by atoms with Gasteiger partial charge >= 0.3 is 0 Å². The Hall–Kier alpha value is -3.55. The van der Waals surface area contributed by atoms with Crippen LogP contribution in [0.3, 0.4) is 0 Å². The van der Waals surface area contributed by atoms with E-state index in [1.54, 1.807) is 11.6 Å². The van der Waals surface area contributed by atoms with Crippen molar-refractivity contribution >= 4 is 22.9 Å². The highest BCUT2D eigenvalue weighted by Crippen LogP contribution is 2.19. The smallest absolute Gasteiger partial charge is 0.267 e. The van der Waals surface area contributed by atoms with Crippen molar-refractivity contribution in [2.45, 2.75) is 45.7 Å². The molecular formula is C29H38N4O3. The van der Waals surface area contributed by atoms with E-state index >= 15 is 0 Å². The Labute approximate surface area is 213 Å². The molecule has 36 heavy (non-hydrogen) atoms. The Bertz CT molecular complexity index is 1130. The molecule has 0 aliphatic carbocycles. The molecule has 3 rings (SSSR count). The van der Waals surface area contributed by atoms with Crippen molar-refractivity contribution in [3.8, 4) is 0 Å². The number of nitrogens with one attached hydrogen (secondary N) is 3. The first-order chi connectivity index (χ1) is 17.5. The molecule has 2 aromatic carbocycles. The minimum Gasteiger partial charge on any atom is -0.478 e. The molecule has 0 saturated heterocycles. The molecule has 0 aliphatic heterocycles. The number of carbonyl (C=O) groups excluding carboxylic acids is 1. The van der Waals surface area contributed by atoms with Crippen LogP contribution in [-0.4, -0.2) is 46.7 Å². The van der Waals surface area contributed by atoms with Gasteiger partial charge < -0.3 is 15.0 Å². The van der Waals surface area contributed by atoms with Gasteiger partial charge in [-0.15, -0.1) is 0 Å². The van der Waals surface area contributed by atoms with Crippen LogP contribution >= 0.6 is 0 Å². The van der Waals surface area contributed by atoms with Gasteiger partial charge in [-0.2, -0.15) is 0 Å². The lowest BCUT2D eigenvalue weighted by Crippen LogP contribution is -2.32. The van der Waals surface area contributed by atoms with E-state index in [9.17, 15) is 4.79 Å². The molecule has 0 aliphatic rings. The van der Waals surface area contributed by atoms with Crippen molar-refractivity contribution < 1.29 is 14.7 Å². The Balaban J connectivity index is 1.62. The van der Waals surface area contributed by atoms with Crippen molar-refractivity contribution in [3.05, 3.63) is 90.0 Å². The normalized spacial score (nSPS) is 11.5. The lowest BCUT2D eigenvalue weighted by molar-refractivity contribution is -0.124. The van der Waals surface area contributed by atoms with Gasteiger partial charge in [-0.25, -0.2) is 5.48 Å². The number of ether oxygens (including phenoxy) is 1. The van der Waals surface area contributed by atoms with Crippen LogP contribution in [0.1, 0.15) is 43.4 Å². The highest BCUT2D eigenvalue weighted by atomic mass is 16.5. The maximum atomic E-state index is 11.2. The van der Waals surface area contributed by atoms with Gasteiger partial charge in [0.15, 0.2) is 5.88 Å². The number of fused-ring (bicyclic) bond motifs is 1. The number of aromatic nitrogens is 1. The summed E-state index contributed by atoms with van der Waals surface area (Å²) in [7, 11) is 0. The minimum atomic E-state index is -0.553. The van der Waals surface area contributed by atoms with Crippen LogP contribution in [0.4, 0.5) is 0 Å². The molecule has 192 valence electrons. The first-order valence-corrected chi connectivity index (χ1v) is 12.6. The van der Waals surface area contributed by atoms with Crippen LogP contribution in [0.15, 0.2) is 73.3 Å². The van der Waals surface area contributed by atoms with Crippen LogP contribution in [0, 0.1) is 0 Å². The molecule has 1 heterocycles. The van der Waals surface area contributed by atoms with Crippen molar-refractivity contribution in [1.29, 1.82) is 0 Å². The average Bonchev–Trinajstić information content (AvgIpc) is 3.32. The second kappa shape index (κ2) is 14.1. The van der Waals surface area contributed by atoms with E-state index in [0.717, 1.165) is 50.0 Å². The highest BCUT2D eigenvalue weighted by molar-refractivity contribution is 5.90. The van der Waals surface area contributed by atoms with Crippen molar-refractivity contribution in [1.82, 2.24) is 20.7 Å². The van der Waals surface area contributed by atoms with Crippen LogP contribution in [0.2, 0.25) is 0 Å². The van der Waals surface area contributed by atoms with E-state index in [4.69, 9.17) is 9.94 Å². The van der Waals surface area contributed by atoms with Gasteiger partial charge in [-0.05, 0) is 54.7 Å². The van der Waals surface area contributed by atoms with E-state index < -0.39 is 5.91 Å². The Kier molecular flexibility index (Phi) is 10.6. The maximum Gasteiger partial charge on any atom is 0.267 e. The number of amides is 1. The number of rotatable bonds is 15. The molecule has 0 saturated carbocycles. The predicted molar refractivity (Wildman–Crippen MR) is 145 cm³/mol. The summed E-state index contributed by atoms with van der Waals surface area (Å²) in [5.74, 6) is 0.0751. The van der Waals surface area contributed by atoms with Crippen LogP contribution < -0.4 is 10.8 Å². The van der Waals surface area contributed by atoms with Gasteiger partial charge in [0.2, 0.25) is 0 Å². The summed E-state index contributed by atoms with van der Waals surface area (Å²) < 4.78 is 5.91. The van der Waals surface area contributed by atoms with E-state index in [2.05, 4.69) is 72.2 Å². The molecule has 7 nitrogen and oxygen atoms in total. The summed E-state index contributed by atoms with van der Waals surface area (Å²) in [6.07, 6.45) is 8.05. The lowest BCUT2D eigenvalue weighted by atomic mass is 10.1. The van der Waals surface area contributed by atoms with Crippen LogP contribution in [-0.2, 0) is 22.5 Å². The van der Waals surface area contributed by atoms with Crippen molar-refractivity contribution in [2.75, 3.05) is 19.7 Å². The highest BCUT2D eigenvalue weighted by Gasteiger charge is 2.11. The number of H-pyrrole nitrogens is 1. The number of aromatic amines is 1. The Morgan fingerprint density at radius 1 is 1.14 bits per heavy atom. The molecule has 0 bridgehead atoms. The molecule has 0 atom stereocenters. The van der Waals surface area contributed by atoms with Crippen molar-refractivity contribution in [3.63, 3.8) is 0 Å². The van der Waals surface area contributed by atoms with E-state index in [1.807, 2.05) is 18.2 Å². The zero-order valence-corrected chi connectivity index (χ0v) is 21.3. The summed E-state index contributed by atoms with van der Waals surface area (Å²) >= 11 is 0. The first kappa shape index (κ1) is 27.0. The van der Waals surface area contributed by atoms with Gasteiger partial charge in [0.1, 0.15) is 6.61 Å². The van der Waals surface area contributed by atoms with Crippen LogP contribution in [0.5, 0.6) is 0 Å². The fourth-order valence-corrected chi connectivity index (χ4v) is 4.15. The minimum absolute atomic E-state index is 0.381. The zero-order valence-electron chi connectivity index (χ0n) is 21.3. The molecule has 3 aromatic rings. The van der Waals surface area contributed by atoms with Crippen molar-refractivity contribution in [2.24, 2.45) is 0 Å². The predicted octanol–water partition coefficient (Wildman–Crippen LogP) is 5.00. The van der Waals surface area contributed by atoms with E-state index in [0.29, 0.717) is 18.5 Å². The third kappa shape index (κ3) is 8.29. The monoisotopic (exact) mass is 490 g/mol. The second-order valence-corrected chi connectivity index (χ2v) is 8.87. The number of hydrogen-bond acceptors (Lipinski definition) is 5. The fraction of sp³-hybridized carbons (Fsp3) is 0.345. The number of hydroxylamine groups is 1. The molecule has 0 unspecified atom stereocenters. The molecule has 1 amide bonds. The topological polar surface area (TPSA) is 89.6 Å². The average molecular weight is 491 g/mol. The van der Waals surface area contributed by atoms with E-state index in [1.165, 1.54) is 22.6 Å². The second-order valence-electron chi connectivity index (χ2n) is 8.87. The molecule has 0 fully saturated rings. The largest absolute Gasteiger partial charge is 0.478 e. The molecule has 4 N–H and O–H groups in total. The summed E-state index contributed by atoms with van der Waals surface area (Å²) in [5, 5.41) is 13.2. The summed E-state index contributed by atoms with van der Waals surface area (Å²) in [5.41, 5.74) is 6.12. The quantitative estimate of drug-likeness (QED) is 0.104. The summed E-state index contributed by atoms with van der Waals surface area (Å²) in [6.45, 7) is 11.3. The zero-order chi connectivity index (χ0) is 25.8. The lowest BCUT2D eigenvalue weighted by Gasteiger charge is -2.24. The molecule has 1 aromatic heterocycles. The number of para-hydroxylation sites is 1. The molecule has 7 heteroatoms. The van der Waals surface area contributed by atoms with Gasteiger partial charge in [0, 0.05) is 48.9 Å². The van der Waals surface area contributed by atoms with Crippen LogP contribution in [0.25, 0.3) is 17.0 Å². The summed E-state index contributed by atoms with van der Waals surface area (Å²) in [6, 6.07) is 16.8. The van der Waals surface area contributed by atoms with Gasteiger partial charge in [-0.1, -0.05) is 56.3 Å². The number of benzene rings is 2. The Morgan fingerprint density at radius 2 is 1.89 bits per heavy atom.